The van der Waals surface area contributed by atoms with Gasteiger partial charge in [-0.25, -0.2) is 0 Å². The van der Waals surface area contributed by atoms with Crippen LogP contribution in [0.25, 0.3) is 0 Å². The molecule has 1 aromatic carbocycles. The predicted octanol–water partition coefficient (Wildman–Crippen LogP) is 2.37. The van der Waals surface area contributed by atoms with Gasteiger partial charge in [0.1, 0.15) is 6.04 Å². The van der Waals surface area contributed by atoms with Crippen LogP contribution in [0.5, 0.6) is 0 Å². The number of nitrogens with one attached hydrogen (secondary N) is 2. The summed E-state index contributed by atoms with van der Waals surface area (Å²) < 4.78 is 0. The maximum Gasteiger partial charge on any atom is 0.244 e. The number of amides is 1. The van der Waals surface area contributed by atoms with Crippen LogP contribution in [0.2, 0.25) is 0 Å². The SMILES string of the molecule is C[C@H](NC(=S)N[C@@H]1CCCC[C@H]1N(C)C)C(=O)N(C)Cc1ccccc1. The van der Waals surface area contributed by atoms with Gasteiger partial charge in [0.2, 0.25) is 5.91 Å². The number of hydrogen-bond donors (Lipinski definition) is 2. The molecule has 6 heteroatoms. The van der Waals surface area contributed by atoms with Crippen molar-refractivity contribution in [2.24, 2.45) is 0 Å². The second kappa shape index (κ2) is 9.88. The first-order valence-electron chi connectivity index (χ1n) is 9.41. The van der Waals surface area contributed by atoms with Crippen molar-refractivity contribution < 1.29 is 4.79 Å². The molecule has 0 unspecified atom stereocenters. The highest BCUT2D eigenvalue weighted by Gasteiger charge is 2.28. The number of rotatable bonds is 6. The van der Waals surface area contributed by atoms with Crippen molar-refractivity contribution >= 4 is 23.2 Å². The molecule has 1 aromatic rings. The topological polar surface area (TPSA) is 47.6 Å². The average Bonchev–Trinajstić information content (AvgIpc) is 2.62. The molecule has 1 fully saturated rings. The van der Waals surface area contributed by atoms with Crippen molar-refractivity contribution in [3.05, 3.63) is 35.9 Å². The van der Waals surface area contributed by atoms with E-state index in [1.807, 2.05) is 44.3 Å². The Morgan fingerprint density at radius 2 is 1.85 bits per heavy atom. The molecule has 26 heavy (non-hydrogen) atoms. The third-order valence-electron chi connectivity index (χ3n) is 5.07. The lowest BCUT2D eigenvalue weighted by atomic mass is 9.90. The van der Waals surface area contributed by atoms with Crippen LogP contribution >= 0.6 is 12.2 Å². The summed E-state index contributed by atoms with van der Waals surface area (Å²) in [6.07, 6.45) is 4.78. The van der Waals surface area contributed by atoms with Crippen molar-refractivity contribution in [2.45, 2.75) is 57.3 Å². The average molecular weight is 377 g/mol. The largest absolute Gasteiger partial charge is 0.358 e. The molecule has 0 heterocycles. The number of nitrogens with zero attached hydrogens (tertiary/aromatic N) is 2. The van der Waals surface area contributed by atoms with E-state index in [2.05, 4.69) is 29.6 Å². The highest BCUT2D eigenvalue weighted by Crippen LogP contribution is 2.21. The monoisotopic (exact) mass is 376 g/mol. The van der Waals surface area contributed by atoms with E-state index in [-0.39, 0.29) is 11.9 Å². The van der Waals surface area contributed by atoms with Crippen LogP contribution in [0, 0.1) is 0 Å². The van der Waals surface area contributed by atoms with E-state index in [1.54, 1.807) is 4.90 Å². The number of benzene rings is 1. The van der Waals surface area contributed by atoms with Gasteiger partial charge >= 0.3 is 0 Å². The normalized spacial score (nSPS) is 21.1. The Balaban J connectivity index is 1.84. The van der Waals surface area contributed by atoms with E-state index in [9.17, 15) is 4.79 Å². The number of likely N-dealkylation sites (N-methyl/N-ethyl adjacent to an activating group) is 2. The van der Waals surface area contributed by atoms with Gasteiger partial charge in [-0.15, -0.1) is 0 Å². The quantitative estimate of drug-likeness (QED) is 0.747. The van der Waals surface area contributed by atoms with E-state index in [0.29, 0.717) is 23.7 Å². The second-order valence-electron chi connectivity index (χ2n) is 7.44. The zero-order valence-electron chi connectivity index (χ0n) is 16.4. The summed E-state index contributed by atoms with van der Waals surface area (Å²) in [7, 11) is 6.06. The summed E-state index contributed by atoms with van der Waals surface area (Å²) in [4.78, 5) is 16.6. The smallest absolute Gasteiger partial charge is 0.244 e. The van der Waals surface area contributed by atoms with E-state index in [4.69, 9.17) is 12.2 Å². The van der Waals surface area contributed by atoms with Gasteiger partial charge in [-0.2, -0.15) is 0 Å². The predicted molar refractivity (Wildman–Crippen MR) is 111 cm³/mol. The van der Waals surface area contributed by atoms with Gasteiger partial charge in [-0.3, -0.25) is 4.79 Å². The van der Waals surface area contributed by atoms with Gasteiger partial charge in [-0.1, -0.05) is 43.2 Å². The molecule has 0 aromatic heterocycles. The van der Waals surface area contributed by atoms with Gasteiger partial charge in [0.05, 0.1) is 0 Å². The number of carbonyl (C=O) groups excluding carboxylic acids is 1. The fourth-order valence-corrected chi connectivity index (χ4v) is 3.96. The Morgan fingerprint density at radius 1 is 1.19 bits per heavy atom. The number of hydrogen-bond acceptors (Lipinski definition) is 3. The number of thiocarbonyl (C=S) groups is 1. The molecule has 0 saturated heterocycles. The minimum atomic E-state index is -0.356. The fraction of sp³-hybridized carbons (Fsp3) is 0.600. The summed E-state index contributed by atoms with van der Waals surface area (Å²) in [5.74, 6) is 0.0332. The van der Waals surface area contributed by atoms with E-state index >= 15 is 0 Å². The first kappa shape index (κ1) is 20.6. The number of carbonyl (C=O) groups is 1. The molecule has 0 radical (unpaired) electrons. The molecule has 1 aliphatic carbocycles. The molecule has 144 valence electrons. The van der Waals surface area contributed by atoms with Crippen LogP contribution < -0.4 is 10.6 Å². The lowest BCUT2D eigenvalue weighted by molar-refractivity contribution is -0.131. The summed E-state index contributed by atoms with van der Waals surface area (Å²) in [5, 5.41) is 7.16. The highest BCUT2D eigenvalue weighted by atomic mass is 32.1. The minimum absolute atomic E-state index is 0.0332. The molecule has 1 saturated carbocycles. The summed E-state index contributed by atoms with van der Waals surface area (Å²) in [5.41, 5.74) is 1.12. The van der Waals surface area contributed by atoms with Crippen molar-refractivity contribution in [3.8, 4) is 0 Å². The molecule has 0 aliphatic heterocycles. The lowest BCUT2D eigenvalue weighted by Gasteiger charge is -2.37. The highest BCUT2D eigenvalue weighted by molar-refractivity contribution is 7.80. The lowest BCUT2D eigenvalue weighted by Crippen LogP contribution is -2.56. The van der Waals surface area contributed by atoms with Crippen molar-refractivity contribution in [3.63, 3.8) is 0 Å². The third kappa shape index (κ3) is 5.95. The molecule has 1 aliphatic rings. The van der Waals surface area contributed by atoms with Crippen molar-refractivity contribution in [1.29, 1.82) is 0 Å². The third-order valence-corrected chi connectivity index (χ3v) is 5.30. The van der Waals surface area contributed by atoms with E-state index < -0.39 is 0 Å². The first-order valence-corrected chi connectivity index (χ1v) is 9.81. The Hall–Kier alpha value is -1.66. The van der Waals surface area contributed by atoms with Gasteiger partial charge in [-0.05, 0) is 51.6 Å². The van der Waals surface area contributed by atoms with Gasteiger partial charge in [0, 0.05) is 25.7 Å². The summed E-state index contributed by atoms with van der Waals surface area (Å²) >= 11 is 5.47. The zero-order chi connectivity index (χ0) is 19.1. The van der Waals surface area contributed by atoms with Crippen molar-refractivity contribution in [1.82, 2.24) is 20.4 Å². The molecule has 3 atom stereocenters. The minimum Gasteiger partial charge on any atom is -0.358 e. The van der Waals surface area contributed by atoms with Crippen LogP contribution in [-0.4, -0.2) is 60.1 Å². The second-order valence-corrected chi connectivity index (χ2v) is 7.85. The zero-order valence-corrected chi connectivity index (χ0v) is 17.2. The van der Waals surface area contributed by atoms with Crippen LogP contribution in [0.4, 0.5) is 0 Å². The van der Waals surface area contributed by atoms with Gasteiger partial charge < -0.3 is 20.4 Å². The van der Waals surface area contributed by atoms with Crippen LogP contribution in [-0.2, 0) is 11.3 Å². The Labute approximate surface area is 163 Å². The van der Waals surface area contributed by atoms with E-state index in [1.165, 1.54) is 19.3 Å². The van der Waals surface area contributed by atoms with Crippen LogP contribution in [0.3, 0.4) is 0 Å². The molecule has 2 rings (SSSR count). The van der Waals surface area contributed by atoms with Crippen LogP contribution in [0.1, 0.15) is 38.2 Å². The first-order chi connectivity index (χ1) is 12.4. The Morgan fingerprint density at radius 3 is 2.50 bits per heavy atom. The molecule has 1 amide bonds. The van der Waals surface area contributed by atoms with Crippen LogP contribution in [0.15, 0.2) is 30.3 Å². The molecular weight excluding hydrogens is 344 g/mol. The Bertz CT molecular complexity index is 593. The maximum absolute atomic E-state index is 12.6. The van der Waals surface area contributed by atoms with E-state index in [0.717, 1.165) is 12.0 Å². The van der Waals surface area contributed by atoms with Crippen molar-refractivity contribution in [2.75, 3.05) is 21.1 Å². The molecular formula is C20H32N4OS. The van der Waals surface area contributed by atoms with Gasteiger partial charge in [0.15, 0.2) is 5.11 Å². The fourth-order valence-electron chi connectivity index (χ4n) is 3.63. The van der Waals surface area contributed by atoms with Gasteiger partial charge in [0.25, 0.3) is 0 Å². The maximum atomic E-state index is 12.6. The Kier molecular flexibility index (Phi) is 7.85. The molecule has 5 nitrogen and oxygen atoms in total. The molecule has 0 spiro atoms. The molecule has 2 N–H and O–H groups in total. The standard InChI is InChI=1S/C20H32N4OS/c1-15(19(25)24(4)14-16-10-6-5-7-11-16)21-20(26)22-17-12-8-9-13-18(17)23(2)3/h5-7,10-11,15,17-18H,8-9,12-14H2,1-4H3,(H2,21,22,26)/t15-,17+,18+/m0/s1. The summed E-state index contributed by atoms with van der Waals surface area (Å²) in [6, 6.07) is 10.5. The molecule has 0 bridgehead atoms. The summed E-state index contributed by atoms with van der Waals surface area (Å²) in [6.45, 7) is 2.46.